The van der Waals surface area contributed by atoms with E-state index in [0.29, 0.717) is 24.6 Å². The normalized spacial score (nSPS) is 11.5. The first kappa shape index (κ1) is 20.8. The summed E-state index contributed by atoms with van der Waals surface area (Å²) < 4.78 is 15.5. The van der Waals surface area contributed by atoms with Crippen LogP contribution in [0.5, 0.6) is 0 Å². The number of hydrogen-bond donors (Lipinski definition) is 1. The molecule has 9 heteroatoms. The average Bonchev–Trinajstić information content (AvgIpc) is 3.47. The molecule has 0 atom stereocenters. The highest BCUT2D eigenvalue weighted by atomic mass is 16.5. The lowest BCUT2D eigenvalue weighted by Gasteiger charge is -2.07. The summed E-state index contributed by atoms with van der Waals surface area (Å²) in [7, 11) is 1.63. The van der Waals surface area contributed by atoms with E-state index < -0.39 is 0 Å². The number of nitrogens with one attached hydrogen (secondary N) is 1. The predicted octanol–water partition coefficient (Wildman–Crippen LogP) is 3.30. The Bertz CT molecular complexity index is 1520. The van der Waals surface area contributed by atoms with Gasteiger partial charge in [-0.2, -0.15) is 0 Å². The van der Waals surface area contributed by atoms with E-state index in [-0.39, 0.29) is 18.1 Å². The van der Waals surface area contributed by atoms with E-state index in [2.05, 4.69) is 10.4 Å². The quantitative estimate of drug-likeness (QED) is 0.415. The van der Waals surface area contributed by atoms with Crippen molar-refractivity contribution >= 4 is 28.4 Å². The molecule has 5 rings (SSSR count). The number of aryl methyl sites for hydroxylation is 1. The maximum atomic E-state index is 13.1. The molecule has 0 bridgehead atoms. The number of para-hydroxylation sites is 2. The number of carbonyl (C=O) groups excluding carboxylic acids is 1. The molecule has 3 heterocycles. The van der Waals surface area contributed by atoms with E-state index in [1.807, 2.05) is 66.1 Å². The van der Waals surface area contributed by atoms with Gasteiger partial charge in [-0.25, -0.2) is 13.9 Å². The smallest absolute Gasteiger partial charge is 0.352 e. The first-order valence-corrected chi connectivity index (χ1v) is 10.6. The summed E-state index contributed by atoms with van der Waals surface area (Å²) in [5, 5.41) is 7.29. The third-order valence-electron chi connectivity index (χ3n) is 5.46. The standard InChI is InChI=1S/C24H23N5O4/c1-16-10-11-21(33-16)17-6-5-7-18(14-17)25-22(30)15-28-24(31)29-20-9-4-3-8-19(20)27(12-13-32-2)23(29)26-28/h3-11,14H,12-13,15H2,1-2H3,(H,25,30). The van der Waals surface area contributed by atoms with Gasteiger partial charge in [-0.15, -0.1) is 5.10 Å². The first-order valence-electron chi connectivity index (χ1n) is 10.6. The molecule has 0 aliphatic carbocycles. The van der Waals surface area contributed by atoms with Crippen molar-refractivity contribution in [3.05, 3.63) is 76.9 Å². The van der Waals surface area contributed by atoms with E-state index in [4.69, 9.17) is 9.15 Å². The van der Waals surface area contributed by atoms with E-state index in [1.54, 1.807) is 13.2 Å². The summed E-state index contributed by atoms with van der Waals surface area (Å²) in [5.74, 6) is 1.66. The van der Waals surface area contributed by atoms with Crippen LogP contribution in [-0.4, -0.2) is 38.4 Å². The van der Waals surface area contributed by atoms with E-state index >= 15 is 0 Å². The molecular weight excluding hydrogens is 422 g/mol. The Kier molecular flexibility index (Phi) is 5.31. The minimum atomic E-state index is -0.368. The molecule has 0 unspecified atom stereocenters. The number of methoxy groups -OCH3 is 1. The number of rotatable bonds is 7. The number of aromatic nitrogens is 4. The van der Waals surface area contributed by atoms with Crippen molar-refractivity contribution in [3.8, 4) is 11.3 Å². The van der Waals surface area contributed by atoms with Crippen LogP contribution in [0.4, 0.5) is 5.69 Å². The van der Waals surface area contributed by atoms with Crippen LogP contribution in [-0.2, 0) is 22.6 Å². The van der Waals surface area contributed by atoms with Crippen LogP contribution < -0.4 is 11.0 Å². The average molecular weight is 445 g/mol. The molecule has 9 nitrogen and oxygen atoms in total. The van der Waals surface area contributed by atoms with Crippen LogP contribution in [0.3, 0.4) is 0 Å². The van der Waals surface area contributed by atoms with Gasteiger partial charge in [0.1, 0.15) is 18.1 Å². The summed E-state index contributed by atoms with van der Waals surface area (Å²) >= 11 is 0. The maximum Gasteiger partial charge on any atom is 0.352 e. The second-order valence-electron chi connectivity index (χ2n) is 7.75. The van der Waals surface area contributed by atoms with E-state index in [0.717, 1.165) is 28.1 Å². The lowest BCUT2D eigenvalue weighted by Crippen LogP contribution is -2.28. The van der Waals surface area contributed by atoms with Gasteiger partial charge in [-0.05, 0) is 43.3 Å². The van der Waals surface area contributed by atoms with Crippen LogP contribution in [0.25, 0.3) is 28.1 Å². The number of imidazole rings is 1. The predicted molar refractivity (Wildman–Crippen MR) is 124 cm³/mol. The Hall–Kier alpha value is -4.11. The fraction of sp³-hybridized carbons (Fsp3) is 0.208. The van der Waals surface area contributed by atoms with E-state index in [9.17, 15) is 9.59 Å². The zero-order valence-corrected chi connectivity index (χ0v) is 18.3. The zero-order chi connectivity index (χ0) is 22.9. The number of hydrogen-bond acceptors (Lipinski definition) is 5. The van der Waals surface area contributed by atoms with Gasteiger partial charge >= 0.3 is 5.69 Å². The van der Waals surface area contributed by atoms with Gasteiger partial charge in [0, 0.05) is 24.9 Å². The Labute approximate surface area is 188 Å². The molecule has 0 aliphatic heterocycles. The largest absolute Gasteiger partial charge is 0.461 e. The van der Waals surface area contributed by atoms with Crippen LogP contribution >= 0.6 is 0 Å². The van der Waals surface area contributed by atoms with Crippen LogP contribution in [0.15, 0.2) is 69.9 Å². The molecule has 168 valence electrons. The van der Waals surface area contributed by atoms with Gasteiger partial charge in [0.25, 0.3) is 0 Å². The first-order chi connectivity index (χ1) is 16.0. The SMILES string of the molecule is COCCn1c2ccccc2n2c(=O)n(CC(=O)Nc3cccc(-c4ccc(C)o4)c3)nc12. The molecule has 5 aromatic rings. The van der Waals surface area contributed by atoms with Crippen LogP contribution in [0, 0.1) is 6.92 Å². The van der Waals surface area contributed by atoms with Crippen molar-refractivity contribution in [2.75, 3.05) is 19.0 Å². The molecule has 0 saturated heterocycles. The van der Waals surface area contributed by atoms with Gasteiger partial charge in [-0.3, -0.25) is 4.79 Å². The third-order valence-corrected chi connectivity index (χ3v) is 5.46. The molecule has 0 saturated carbocycles. The molecular formula is C24H23N5O4. The Morgan fingerprint density at radius 3 is 2.67 bits per heavy atom. The number of ether oxygens (including phenoxy) is 1. The highest BCUT2D eigenvalue weighted by Crippen LogP contribution is 2.24. The fourth-order valence-corrected chi connectivity index (χ4v) is 3.95. The highest BCUT2D eigenvalue weighted by Gasteiger charge is 2.19. The zero-order valence-electron chi connectivity index (χ0n) is 18.3. The topological polar surface area (TPSA) is 95.7 Å². The van der Waals surface area contributed by atoms with Gasteiger partial charge in [-0.1, -0.05) is 24.3 Å². The van der Waals surface area contributed by atoms with Crippen molar-refractivity contribution in [2.24, 2.45) is 0 Å². The van der Waals surface area contributed by atoms with Crippen molar-refractivity contribution in [1.82, 2.24) is 18.7 Å². The Balaban J connectivity index is 1.42. The van der Waals surface area contributed by atoms with Crippen molar-refractivity contribution in [2.45, 2.75) is 20.0 Å². The number of furan rings is 1. The molecule has 1 amide bonds. The molecule has 1 N–H and O–H groups in total. The summed E-state index contributed by atoms with van der Waals surface area (Å²) in [6.07, 6.45) is 0. The second kappa shape index (κ2) is 8.44. The molecule has 0 aliphatic rings. The number of anilines is 1. The maximum absolute atomic E-state index is 13.1. The van der Waals surface area contributed by atoms with Gasteiger partial charge < -0.3 is 19.0 Å². The number of fused-ring (bicyclic) bond motifs is 3. The van der Waals surface area contributed by atoms with Gasteiger partial charge in [0.15, 0.2) is 0 Å². The highest BCUT2D eigenvalue weighted by molar-refractivity contribution is 5.91. The van der Waals surface area contributed by atoms with Crippen LogP contribution in [0.1, 0.15) is 5.76 Å². The molecule has 33 heavy (non-hydrogen) atoms. The van der Waals surface area contributed by atoms with Crippen LogP contribution in [0.2, 0.25) is 0 Å². The fourth-order valence-electron chi connectivity index (χ4n) is 3.95. The molecule has 0 spiro atoms. The third kappa shape index (κ3) is 3.83. The molecule has 3 aromatic heterocycles. The number of benzene rings is 2. The van der Waals surface area contributed by atoms with Crippen molar-refractivity contribution in [1.29, 1.82) is 0 Å². The monoisotopic (exact) mass is 445 g/mol. The summed E-state index contributed by atoms with van der Waals surface area (Å²) in [6.45, 7) is 2.68. The second-order valence-corrected chi connectivity index (χ2v) is 7.75. The van der Waals surface area contributed by atoms with Gasteiger partial charge in [0.05, 0.1) is 17.6 Å². The van der Waals surface area contributed by atoms with Crippen molar-refractivity contribution < 1.29 is 13.9 Å². The molecule has 0 radical (unpaired) electrons. The summed E-state index contributed by atoms with van der Waals surface area (Å²) in [6, 6.07) is 18.7. The number of nitrogens with zero attached hydrogens (tertiary/aromatic N) is 4. The van der Waals surface area contributed by atoms with Gasteiger partial charge in [0.2, 0.25) is 11.7 Å². The lowest BCUT2D eigenvalue weighted by molar-refractivity contribution is -0.117. The minimum Gasteiger partial charge on any atom is -0.461 e. The molecule has 0 fully saturated rings. The number of amides is 1. The summed E-state index contributed by atoms with van der Waals surface area (Å²) in [5.41, 5.74) is 2.72. The van der Waals surface area contributed by atoms with E-state index in [1.165, 1.54) is 9.08 Å². The Morgan fingerprint density at radius 2 is 1.91 bits per heavy atom. The minimum absolute atomic E-state index is 0.205. The van der Waals surface area contributed by atoms with Crippen molar-refractivity contribution in [3.63, 3.8) is 0 Å². The number of carbonyl (C=O) groups is 1. The summed E-state index contributed by atoms with van der Waals surface area (Å²) in [4.78, 5) is 25.8. The Morgan fingerprint density at radius 1 is 1.09 bits per heavy atom. The lowest BCUT2D eigenvalue weighted by atomic mass is 10.1. The molecule has 2 aromatic carbocycles.